The van der Waals surface area contributed by atoms with E-state index in [-0.39, 0.29) is 5.91 Å². The maximum atomic E-state index is 13.3. The van der Waals surface area contributed by atoms with E-state index in [0.717, 1.165) is 31.0 Å². The number of pyridine rings is 2. The van der Waals surface area contributed by atoms with Crippen molar-refractivity contribution >= 4 is 50.3 Å². The molecule has 4 aromatic rings. The van der Waals surface area contributed by atoms with Crippen LogP contribution in [0.5, 0.6) is 5.75 Å². The zero-order chi connectivity index (χ0) is 24.5. The van der Waals surface area contributed by atoms with Gasteiger partial charge < -0.3 is 9.64 Å². The highest BCUT2D eigenvalue weighted by molar-refractivity contribution is 7.21. The Morgan fingerprint density at radius 1 is 1.17 bits per heavy atom. The van der Waals surface area contributed by atoms with Crippen LogP contribution in [0.15, 0.2) is 30.7 Å². The molecule has 9 nitrogen and oxygen atoms in total. The first-order valence-electron chi connectivity index (χ1n) is 11.3. The summed E-state index contributed by atoms with van der Waals surface area (Å²) in [5.41, 5.74) is 2.90. The molecule has 4 aromatic heterocycles. The van der Waals surface area contributed by atoms with Crippen molar-refractivity contribution in [2.45, 2.75) is 26.7 Å². The van der Waals surface area contributed by atoms with Crippen LogP contribution in [-0.2, 0) is 0 Å². The lowest BCUT2D eigenvalue weighted by atomic mass is 10.0. The molecule has 1 N–H and O–H groups in total. The third-order valence-electron chi connectivity index (χ3n) is 5.94. The number of methoxy groups -OCH3 is 1. The van der Waals surface area contributed by atoms with Gasteiger partial charge in [-0.25, -0.2) is 15.0 Å². The van der Waals surface area contributed by atoms with Gasteiger partial charge in [-0.15, -0.1) is 0 Å². The van der Waals surface area contributed by atoms with Gasteiger partial charge in [-0.05, 0) is 37.8 Å². The van der Waals surface area contributed by atoms with Gasteiger partial charge in [0.1, 0.15) is 16.7 Å². The summed E-state index contributed by atoms with van der Waals surface area (Å²) in [5, 5.41) is 3.59. The van der Waals surface area contributed by atoms with Gasteiger partial charge >= 0.3 is 0 Å². The number of rotatable bonds is 5. The molecule has 35 heavy (non-hydrogen) atoms. The molecule has 11 heteroatoms. The molecular formula is C24H24ClN7O2S. The number of hydrogen-bond acceptors (Lipinski definition) is 9. The van der Waals surface area contributed by atoms with Gasteiger partial charge in [-0.1, -0.05) is 29.9 Å². The maximum Gasteiger partial charge on any atom is 0.259 e. The van der Waals surface area contributed by atoms with E-state index in [1.54, 1.807) is 19.4 Å². The van der Waals surface area contributed by atoms with Crippen molar-refractivity contribution in [1.29, 1.82) is 0 Å². The number of fused-ring (bicyclic) bond motifs is 1. The third kappa shape index (κ3) is 4.89. The van der Waals surface area contributed by atoms with E-state index in [0.29, 0.717) is 49.1 Å². The number of thiazole rings is 1. The summed E-state index contributed by atoms with van der Waals surface area (Å²) < 4.78 is 5.45. The van der Waals surface area contributed by atoms with Crippen LogP contribution in [0.25, 0.3) is 21.6 Å². The number of nitrogens with one attached hydrogen (secondary N) is 1. The molecule has 1 aliphatic rings. The van der Waals surface area contributed by atoms with Gasteiger partial charge in [-0.2, -0.15) is 4.98 Å². The summed E-state index contributed by atoms with van der Waals surface area (Å²) in [6, 6.07) is 3.48. The fourth-order valence-corrected chi connectivity index (χ4v) is 5.18. The average molecular weight is 510 g/mol. The second-order valence-corrected chi connectivity index (χ2v) is 9.97. The number of ether oxygens (including phenoxy) is 1. The van der Waals surface area contributed by atoms with Gasteiger partial charge in [0.05, 0.1) is 25.1 Å². The topological polar surface area (TPSA) is 106 Å². The van der Waals surface area contributed by atoms with Crippen molar-refractivity contribution in [1.82, 2.24) is 24.9 Å². The Morgan fingerprint density at radius 2 is 2.03 bits per heavy atom. The van der Waals surface area contributed by atoms with E-state index in [1.165, 1.54) is 30.2 Å². The fourth-order valence-electron chi connectivity index (χ4n) is 4.23. The monoisotopic (exact) mass is 509 g/mol. The average Bonchev–Trinajstić information content (AvgIpc) is 3.25. The maximum absolute atomic E-state index is 13.3. The molecule has 0 aromatic carbocycles. The number of hydrogen-bond donors (Lipinski definition) is 1. The number of carbonyl (C=O) groups excluding carboxylic acids is 1. The van der Waals surface area contributed by atoms with E-state index in [9.17, 15) is 4.79 Å². The highest BCUT2D eigenvalue weighted by Crippen LogP contribution is 2.34. The first kappa shape index (κ1) is 23.4. The summed E-state index contributed by atoms with van der Waals surface area (Å²) in [6.45, 7) is 6.04. The molecule has 5 rings (SSSR count). The number of anilines is 2. The summed E-state index contributed by atoms with van der Waals surface area (Å²) in [7, 11) is 1.54. The van der Waals surface area contributed by atoms with Crippen molar-refractivity contribution < 1.29 is 9.53 Å². The Balaban J connectivity index is 1.44. The van der Waals surface area contributed by atoms with E-state index >= 15 is 0 Å². The summed E-state index contributed by atoms with van der Waals surface area (Å²) in [6.07, 6.45) is 7.20. The van der Waals surface area contributed by atoms with Gasteiger partial charge in [0, 0.05) is 36.1 Å². The minimum atomic E-state index is -0.355. The molecule has 0 spiro atoms. The first-order valence-corrected chi connectivity index (χ1v) is 12.5. The van der Waals surface area contributed by atoms with Gasteiger partial charge in [0.15, 0.2) is 15.6 Å². The normalized spacial score (nSPS) is 15.9. The molecule has 1 fully saturated rings. The van der Waals surface area contributed by atoms with Crippen LogP contribution in [-0.4, -0.2) is 51.0 Å². The Labute approximate surface area is 211 Å². The molecule has 0 aliphatic carbocycles. The number of piperidine rings is 1. The van der Waals surface area contributed by atoms with Crippen LogP contribution in [0.2, 0.25) is 5.15 Å². The number of halogens is 1. The zero-order valence-corrected chi connectivity index (χ0v) is 21.2. The molecule has 180 valence electrons. The zero-order valence-electron chi connectivity index (χ0n) is 19.6. The van der Waals surface area contributed by atoms with Gasteiger partial charge in [0.25, 0.3) is 5.91 Å². The Hall–Kier alpha value is -3.37. The highest BCUT2D eigenvalue weighted by atomic mass is 35.5. The predicted octanol–water partition coefficient (Wildman–Crippen LogP) is 5.00. The van der Waals surface area contributed by atoms with E-state index in [1.807, 2.05) is 13.0 Å². The van der Waals surface area contributed by atoms with Crippen molar-refractivity contribution in [2.75, 3.05) is 30.4 Å². The predicted molar refractivity (Wildman–Crippen MR) is 138 cm³/mol. The molecule has 1 aliphatic heterocycles. The third-order valence-corrected chi connectivity index (χ3v) is 7.00. The summed E-state index contributed by atoms with van der Waals surface area (Å²) >= 11 is 7.43. The standard InChI is InChI=1S/C24H24ClN7O2S/c1-13-5-4-6-32(12-13)20-11-28-21-23(29-20)35-24(30-21)31-22(33)17-9-26-14(2)7-15(17)16-8-19(25)27-10-18(16)34-3/h7-11,13H,4-6,12H2,1-3H3,(H,28,30,31,33). The van der Waals surface area contributed by atoms with Gasteiger partial charge in [-0.3, -0.25) is 15.1 Å². The van der Waals surface area contributed by atoms with E-state index in [4.69, 9.17) is 21.3 Å². The first-order chi connectivity index (χ1) is 16.9. The van der Waals surface area contributed by atoms with E-state index in [2.05, 4.69) is 37.1 Å². The Morgan fingerprint density at radius 3 is 2.83 bits per heavy atom. The van der Waals surface area contributed by atoms with Crippen LogP contribution < -0.4 is 15.0 Å². The number of aryl methyl sites for hydroxylation is 1. The second kappa shape index (κ2) is 9.71. The Kier molecular flexibility index (Phi) is 6.48. The number of nitrogens with zero attached hydrogens (tertiary/aromatic N) is 6. The van der Waals surface area contributed by atoms with Crippen LogP contribution in [0.4, 0.5) is 10.9 Å². The van der Waals surface area contributed by atoms with Crippen LogP contribution >= 0.6 is 22.9 Å². The van der Waals surface area contributed by atoms with Crippen LogP contribution in [0.3, 0.4) is 0 Å². The Bertz CT molecular complexity index is 1410. The largest absolute Gasteiger partial charge is 0.494 e. The molecule has 1 unspecified atom stereocenters. The van der Waals surface area contributed by atoms with Crippen molar-refractivity contribution in [3.05, 3.63) is 47.1 Å². The number of carbonyl (C=O) groups is 1. The lowest BCUT2D eigenvalue weighted by molar-refractivity contribution is 0.102. The molecule has 1 atom stereocenters. The highest BCUT2D eigenvalue weighted by Gasteiger charge is 2.21. The quantitative estimate of drug-likeness (QED) is 0.374. The minimum Gasteiger partial charge on any atom is -0.494 e. The van der Waals surface area contributed by atoms with E-state index < -0.39 is 0 Å². The lowest BCUT2D eigenvalue weighted by Crippen LogP contribution is -2.34. The molecule has 5 heterocycles. The van der Waals surface area contributed by atoms with Crippen LogP contribution in [0, 0.1) is 12.8 Å². The SMILES string of the molecule is COc1cnc(Cl)cc1-c1cc(C)ncc1C(=O)Nc1nc2ncc(N3CCCC(C)C3)nc2s1. The summed E-state index contributed by atoms with van der Waals surface area (Å²) in [5.74, 6) is 1.62. The number of amides is 1. The molecule has 0 saturated carbocycles. The fraction of sp³-hybridized carbons (Fsp3) is 0.333. The molecule has 0 radical (unpaired) electrons. The summed E-state index contributed by atoms with van der Waals surface area (Å²) in [4.78, 5) is 38.3. The van der Waals surface area contributed by atoms with Crippen molar-refractivity contribution in [3.8, 4) is 16.9 Å². The minimum absolute atomic E-state index is 0.295. The lowest BCUT2D eigenvalue weighted by Gasteiger charge is -2.31. The smallest absolute Gasteiger partial charge is 0.259 e. The van der Waals surface area contributed by atoms with Gasteiger partial charge in [0.2, 0.25) is 0 Å². The molecule has 0 bridgehead atoms. The molecular weight excluding hydrogens is 486 g/mol. The van der Waals surface area contributed by atoms with Crippen LogP contribution in [0.1, 0.15) is 35.8 Å². The molecule has 1 saturated heterocycles. The van der Waals surface area contributed by atoms with Crippen molar-refractivity contribution in [3.63, 3.8) is 0 Å². The molecule has 1 amide bonds. The van der Waals surface area contributed by atoms with Crippen molar-refractivity contribution in [2.24, 2.45) is 5.92 Å². The number of aromatic nitrogens is 5. The second-order valence-electron chi connectivity index (χ2n) is 8.60.